The third kappa shape index (κ3) is 3.57. The molecule has 0 radical (unpaired) electrons. The lowest BCUT2D eigenvalue weighted by Gasteiger charge is -2.43. The Labute approximate surface area is 176 Å². The summed E-state index contributed by atoms with van der Waals surface area (Å²) in [6.45, 7) is 1.98. The van der Waals surface area contributed by atoms with Crippen molar-refractivity contribution < 1.29 is 10.0 Å². The van der Waals surface area contributed by atoms with E-state index in [0.717, 1.165) is 17.7 Å². The first-order chi connectivity index (χ1) is 15.0. The zero-order chi connectivity index (χ0) is 21.5. The fraction of sp³-hybridized carbons (Fsp3) is 0.350. The second-order valence-electron chi connectivity index (χ2n) is 8.05. The number of aromatic nitrogens is 5. The Hall–Kier alpha value is -3.57. The molecule has 1 amide bonds. The summed E-state index contributed by atoms with van der Waals surface area (Å²) in [4.78, 5) is 27.5. The number of likely N-dealkylation sites (tertiary alicyclic amines) is 1. The smallest absolute Gasteiger partial charge is 0.275 e. The van der Waals surface area contributed by atoms with E-state index in [9.17, 15) is 14.8 Å². The molecule has 5 rings (SSSR count). The van der Waals surface area contributed by atoms with E-state index in [4.69, 9.17) is 5.21 Å². The number of hydrogen-bond donors (Lipinski definition) is 1. The fourth-order valence-electron chi connectivity index (χ4n) is 4.62. The predicted octanol–water partition coefficient (Wildman–Crippen LogP) is 0.836. The molecular formula is C20H20N7O4-. The third-order valence-electron chi connectivity index (χ3n) is 6.01. The number of carbonyl (C=O) groups is 1. The Morgan fingerprint density at radius 3 is 2.68 bits per heavy atom. The van der Waals surface area contributed by atoms with Crippen molar-refractivity contribution in [3.8, 4) is 0 Å². The van der Waals surface area contributed by atoms with Gasteiger partial charge in [0.25, 0.3) is 11.5 Å². The molecule has 11 heteroatoms. The number of tetrazole rings is 1. The van der Waals surface area contributed by atoms with Gasteiger partial charge in [-0.2, -0.15) is 0 Å². The highest BCUT2D eigenvalue weighted by molar-refractivity contribution is 5.94. The molecule has 2 aliphatic heterocycles. The Morgan fingerprint density at radius 2 is 1.97 bits per heavy atom. The van der Waals surface area contributed by atoms with Gasteiger partial charge in [0.1, 0.15) is 12.0 Å². The van der Waals surface area contributed by atoms with Crippen LogP contribution in [0.3, 0.4) is 0 Å². The average Bonchev–Trinajstić information content (AvgIpc) is 3.27. The summed E-state index contributed by atoms with van der Waals surface area (Å²) >= 11 is 0. The number of anilines is 1. The molecule has 0 saturated carbocycles. The summed E-state index contributed by atoms with van der Waals surface area (Å²) in [7, 11) is 0. The van der Waals surface area contributed by atoms with Crippen LogP contribution in [-0.4, -0.2) is 53.9 Å². The Morgan fingerprint density at radius 1 is 1.16 bits per heavy atom. The molecule has 1 N–H and O–H groups in total. The SMILES string of the molecule is O=C(c1ccc(Cn2cnnn2)cc1)N1C[C@H]2C[C@H](C1)c1ccc(N([O-])O)c(=O)n1C2. The number of amides is 1. The normalized spacial score (nSPS) is 19.7. The minimum Gasteiger partial charge on any atom is -0.733 e. The second kappa shape index (κ2) is 7.60. The highest BCUT2D eigenvalue weighted by Gasteiger charge is 2.37. The number of hydrogen-bond acceptors (Lipinski definition) is 8. The molecule has 0 aliphatic carbocycles. The molecule has 1 saturated heterocycles. The maximum atomic E-state index is 13.1. The minimum absolute atomic E-state index is 0.0103. The van der Waals surface area contributed by atoms with Gasteiger partial charge in [-0.1, -0.05) is 12.1 Å². The number of benzene rings is 1. The number of nitrogens with zero attached hydrogens (tertiary/aromatic N) is 7. The van der Waals surface area contributed by atoms with Crippen molar-refractivity contribution in [3.05, 3.63) is 75.1 Å². The summed E-state index contributed by atoms with van der Waals surface area (Å²) in [5, 5.41) is 31.0. The molecule has 11 nitrogen and oxygen atoms in total. The maximum absolute atomic E-state index is 13.1. The second-order valence-corrected chi connectivity index (χ2v) is 8.05. The Kier molecular flexibility index (Phi) is 4.75. The van der Waals surface area contributed by atoms with Crippen molar-refractivity contribution in [2.75, 3.05) is 18.3 Å². The van der Waals surface area contributed by atoms with Crippen LogP contribution < -0.4 is 10.8 Å². The van der Waals surface area contributed by atoms with Crippen LogP contribution in [0, 0.1) is 11.1 Å². The van der Waals surface area contributed by atoms with Crippen molar-refractivity contribution in [3.63, 3.8) is 0 Å². The molecule has 0 unspecified atom stereocenters. The van der Waals surface area contributed by atoms with Crippen molar-refractivity contribution in [1.82, 2.24) is 29.7 Å². The predicted molar refractivity (Wildman–Crippen MR) is 108 cm³/mol. The van der Waals surface area contributed by atoms with E-state index in [-0.39, 0.29) is 23.4 Å². The van der Waals surface area contributed by atoms with E-state index in [1.165, 1.54) is 12.4 Å². The van der Waals surface area contributed by atoms with Crippen LogP contribution in [0.2, 0.25) is 0 Å². The zero-order valence-corrected chi connectivity index (χ0v) is 16.5. The average molecular weight is 422 g/mol. The van der Waals surface area contributed by atoms with Gasteiger partial charge in [0, 0.05) is 36.8 Å². The number of carbonyl (C=O) groups excluding carboxylic acids is 1. The molecule has 0 spiro atoms. The number of fused-ring (bicyclic) bond motifs is 4. The summed E-state index contributed by atoms with van der Waals surface area (Å²) in [5.74, 6) is 0.0781. The van der Waals surface area contributed by atoms with E-state index in [2.05, 4.69) is 15.5 Å². The molecule has 2 aliphatic rings. The van der Waals surface area contributed by atoms with Gasteiger partial charge in [-0.3, -0.25) is 14.8 Å². The van der Waals surface area contributed by atoms with Crippen LogP contribution in [0.15, 0.2) is 47.5 Å². The van der Waals surface area contributed by atoms with E-state index >= 15 is 0 Å². The van der Waals surface area contributed by atoms with Crippen molar-refractivity contribution in [2.45, 2.75) is 25.4 Å². The first-order valence-corrected chi connectivity index (χ1v) is 9.98. The third-order valence-corrected chi connectivity index (χ3v) is 6.01. The quantitative estimate of drug-likeness (QED) is 0.612. The van der Waals surface area contributed by atoms with Crippen molar-refractivity contribution >= 4 is 11.6 Å². The maximum Gasteiger partial charge on any atom is 0.275 e. The van der Waals surface area contributed by atoms with Gasteiger partial charge >= 0.3 is 0 Å². The molecule has 31 heavy (non-hydrogen) atoms. The summed E-state index contributed by atoms with van der Waals surface area (Å²) in [6, 6.07) is 10.4. The highest BCUT2D eigenvalue weighted by Crippen LogP contribution is 2.36. The summed E-state index contributed by atoms with van der Waals surface area (Å²) in [5.41, 5.74) is 1.59. The highest BCUT2D eigenvalue weighted by atomic mass is 16.8. The minimum atomic E-state index is -0.498. The molecular weight excluding hydrogens is 402 g/mol. The summed E-state index contributed by atoms with van der Waals surface area (Å²) in [6.07, 6.45) is 2.42. The Balaban J connectivity index is 1.34. The molecule has 2 aromatic heterocycles. The van der Waals surface area contributed by atoms with Crippen molar-refractivity contribution in [1.29, 1.82) is 0 Å². The van der Waals surface area contributed by atoms with Gasteiger partial charge in [0.05, 0.1) is 6.54 Å². The van der Waals surface area contributed by atoms with Gasteiger partial charge in [-0.15, -0.1) is 5.10 Å². The number of piperidine rings is 1. The molecule has 2 atom stereocenters. The van der Waals surface area contributed by atoms with Crippen LogP contribution in [-0.2, 0) is 13.1 Å². The Bertz CT molecular complexity index is 1160. The lowest BCUT2D eigenvalue weighted by Crippen LogP contribution is -2.49. The lowest BCUT2D eigenvalue weighted by molar-refractivity contribution is 0.0594. The van der Waals surface area contributed by atoms with Crippen LogP contribution in [0.25, 0.3) is 0 Å². The van der Waals surface area contributed by atoms with Crippen LogP contribution in [0.1, 0.15) is 34.0 Å². The standard InChI is InChI=1S/C20H20N7O4/c28-19(15-3-1-13(2-4-15)9-25-12-21-22-23-25)24-8-14-7-16(11-24)17-5-6-18(27(30)31)20(29)26(17)10-14/h1-6,12,14,16,30H,7-11H2/q-1/t14-,16-/m1/s1. The van der Waals surface area contributed by atoms with Gasteiger partial charge in [-0.05, 0) is 52.6 Å². The first kappa shape index (κ1) is 19.4. The zero-order valence-electron chi connectivity index (χ0n) is 16.5. The van der Waals surface area contributed by atoms with E-state index in [0.29, 0.717) is 31.7 Å². The van der Waals surface area contributed by atoms with Gasteiger partial charge in [0.15, 0.2) is 0 Å². The largest absolute Gasteiger partial charge is 0.733 e. The monoisotopic (exact) mass is 422 g/mol. The number of pyridine rings is 1. The van der Waals surface area contributed by atoms with E-state index in [1.807, 2.05) is 17.0 Å². The molecule has 1 aromatic carbocycles. The molecule has 4 heterocycles. The van der Waals surface area contributed by atoms with Gasteiger partial charge < -0.3 is 19.9 Å². The molecule has 1 fully saturated rings. The van der Waals surface area contributed by atoms with E-state index < -0.39 is 10.8 Å². The topological polar surface area (TPSA) is 132 Å². The lowest BCUT2D eigenvalue weighted by atomic mass is 9.83. The molecule has 2 bridgehead atoms. The van der Waals surface area contributed by atoms with Crippen molar-refractivity contribution in [2.24, 2.45) is 5.92 Å². The van der Waals surface area contributed by atoms with Gasteiger partial charge in [-0.25, -0.2) is 4.68 Å². The van der Waals surface area contributed by atoms with Gasteiger partial charge in [0.2, 0.25) is 0 Å². The molecule has 160 valence electrons. The van der Waals surface area contributed by atoms with Crippen LogP contribution in [0.4, 0.5) is 5.69 Å². The first-order valence-electron chi connectivity index (χ1n) is 9.98. The summed E-state index contributed by atoms with van der Waals surface area (Å²) < 4.78 is 3.17. The van der Waals surface area contributed by atoms with E-state index in [1.54, 1.807) is 27.4 Å². The van der Waals surface area contributed by atoms with Crippen LogP contribution >= 0.6 is 0 Å². The fourth-order valence-corrected chi connectivity index (χ4v) is 4.62. The molecule has 3 aromatic rings. The van der Waals surface area contributed by atoms with Crippen LogP contribution in [0.5, 0.6) is 0 Å². The number of rotatable bonds is 4.